The van der Waals surface area contributed by atoms with Crippen molar-refractivity contribution < 1.29 is 4.79 Å². The number of carbonyl (C=O) groups is 1. The zero-order valence-electron chi connectivity index (χ0n) is 9.29. The second kappa shape index (κ2) is 6.04. The second-order valence-corrected chi connectivity index (χ2v) is 5.92. The Labute approximate surface area is 129 Å². The van der Waals surface area contributed by atoms with Gasteiger partial charge in [0.15, 0.2) is 5.78 Å². The minimum Gasteiger partial charge on any atom is -0.294 e. The second-order valence-electron chi connectivity index (χ2n) is 3.86. The van der Waals surface area contributed by atoms with Crippen molar-refractivity contribution in [2.24, 2.45) is 0 Å². The molecule has 2 aromatic rings. The summed E-state index contributed by atoms with van der Waals surface area (Å²) in [4.78, 5) is 12.1. The van der Waals surface area contributed by atoms with Gasteiger partial charge in [-0.2, -0.15) is 0 Å². The van der Waals surface area contributed by atoms with Crippen molar-refractivity contribution in [2.45, 2.75) is 6.42 Å². The van der Waals surface area contributed by atoms with E-state index >= 15 is 0 Å². The Kier molecular flexibility index (Phi) is 4.65. The maximum Gasteiger partial charge on any atom is 0.167 e. The lowest BCUT2D eigenvalue weighted by Crippen LogP contribution is -2.03. The lowest BCUT2D eigenvalue weighted by Gasteiger charge is -2.04. The van der Waals surface area contributed by atoms with E-state index < -0.39 is 0 Å². The van der Waals surface area contributed by atoms with Crippen molar-refractivity contribution in [1.82, 2.24) is 0 Å². The van der Waals surface area contributed by atoms with Gasteiger partial charge >= 0.3 is 0 Å². The Morgan fingerprint density at radius 2 is 1.83 bits per heavy atom. The van der Waals surface area contributed by atoms with E-state index in [1.54, 1.807) is 12.1 Å². The predicted molar refractivity (Wildman–Crippen MR) is 83.7 cm³/mol. The normalized spacial score (nSPS) is 10.4. The first-order valence-electron chi connectivity index (χ1n) is 5.29. The van der Waals surface area contributed by atoms with E-state index in [1.807, 2.05) is 30.3 Å². The number of rotatable bonds is 3. The molecule has 92 valence electrons. The minimum atomic E-state index is 0.0758. The maximum absolute atomic E-state index is 12.1. The molecule has 0 spiro atoms. The van der Waals surface area contributed by atoms with E-state index in [-0.39, 0.29) is 5.78 Å². The van der Waals surface area contributed by atoms with Crippen LogP contribution in [-0.4, -0.2) is 5.78 Å². The molecule has 0 heterocycles. The summed E-state index contributed by atoms with van der Waals surface area (Å²) in [6.45, 7) is 0. The number of halogens is 3. The van der Waals surface area contributed by atoms with Crippen LogP contribution in [0.2, 0.25) is 10.0 Å². The van der Waals surface area contributed by atoms with Crippen LogP contribution in [0.5, 0.6) is 0 Å². The number of ketones is 1. The van der Waals surface area contributed by atoms with Crippen molar-refractivity contribution in [1.29, 1.82) is 0 Å². The SMILES string of the molecule is O=C(Cc1ccc(Cl)c(Cl)c1)c1cccc(I)c1. The Hall–Kier alpha value is -0.580. The van der Waals surface area contributed by atoms with Crippen LogP contribution in [0.15, 0.2) is 42.5 Å². The van der Waals surface area contributed by atoms with Crippen LogP contribution in [0.25, 0.3) is 0 Å². The first kappa shape index (κ1) is 13.8. The summed E-state index contributed by atoms with van der Waals surface area (Å²) in [5, 5.41) is 0.978. The summed E-state index contributed by atoms with van der Waals surface area (Å²) in [5.41, 5.74) is 1.58. The van der Waals surface area contributed by atoms with Crippen molar-refractivity contribution in [2.75, 3.05) is 0 Å². The van der Waals surface area contributed by atoms with E-state index in [0.29, 0.717) is 22.0 Å². The van der Waals surface area contributed by atoms with E-state index in [2.05, 4.69) is 22.6 Å². The molecule has 0 unspecified atom stereocenters. The number of hydrogen-bond acceptors (Lipinski definition) is 1. The maximum atomic E-state index is 12.1. The number of carbonyl (C=O) groups excluding carboxylic acids is 1. The van der Waals surface area contributed by atoms with Crippen LogP contribution in [0.1, 0.15) is 15.9 Å². The molecule has 0 aliphatic carbocycles. The summed E-state index contributed by atoms with van der Waals surface area (Å²) in [6, 6.07) is 12.8. The van der Waals surface area contributed by atoms with E-state index in [0.717, 1.165) is 9.13 Å². The molecule has 1 nitrogen and oxygen atoms in total. The number of benzene rings is 2. The summed E-state index contributed by atoms with van der Waals surface area (Å²) < 4.78 is 1.05. The van der Waals surface area contributed by atoms with Gasteiger partial charge in [-0.1, -0.05) is 41.4 Å². The van der Waals surface area contributed by atoms with Crippen molar-refractivity contribution in [3.05, 3.63) is 67.2 Å². The molecule has 0 amide bonds. The van der Waals surface area contributed by atoms with Gasteiger partial charge in [0, 0.05) is 15.6 Å². The van der Waals surface area contributed by atoms with Crippen LogP contribution >= 0.6 is 45.8 Å². The molecule has 2 rings (SSSR count). The smallest absolute Gasteiger partial charge is 0.167 e. The largest absolute Gasteiger partial charge is 0.294 e. The average Bonchev–Trinajstić information content (AvgIpc) is 2.34. The molecule has 0 N–H and O–H groups in total. The topological polar surface area (TPSA) is 17.1 Å². The molecule has 0 aliphatic heterocycles. The van der Waals surface area contributed by atoms with Crippen molar-refractivity contribution >= 4 is 51.6 Å². The van der Waals surface area contributed by atoms with Gasteiger partial charge in [0.2, 0.25) is 0 Å². The third-order valence-corrected chi connectivity index (χ3v) is 3.91. The van der Waals surface area contributed by atoms with Crippen LogP contribution in [0.4, 0.5) is 0 Å². The summed E-state index contributed by atoms with van der Waals surface area (Å²) in [7, 11) is 0. The highest BCUT2D eigenvalue weighted by atomic mass is 127. The standard InChI is InChI=1S/C14H9Cl2IO/c15-12-5-4-9(6-13(12)16)7-14(18)10-2-1-3-11(17)8-10/h1-6,8H,7H2. The van der Waals surface area contributed by atoms with E-state index in [9.17, 15) is 4.79 Å². The van der Waals surface area contributed by atoms with Gasteiger partial charge in [-0.3, -0.25) is 4.79 Å². The van der Waals surface area contributed by atoms with Crippen molar-refractivity contribution in [3.8, 4) is 0 Å². The average molecular weight is 391 g/mol. The first-order chi connectivity index (χ1) is 8.56. The highest BCUT2D eigenvalue weighted by molar-refractivity contribution is 14.1. The fourth-order valence-electron chi connectivity index (χ4n) is 1.60. The minimum absolute atomic E-state index is 0.0758. The summed E-state index contributed by atoms with van der Waals surface area (Å²) >= 11 is 13.9. The van der Waals surface area contributed by atoms with Gasteiger partial charge in [-0.25, -0.2) is 0 Å². The molecule has 0 bridgehead atoms. The molecule has 0 aliphatic rings. The monoisotopic (exact) mass is 390 g/mol. The molecular weight excluding hydrogens is 382 g/mol. The summed E-state index contributed by atoms with van der Waals surface area (Å²) in [6.07, 6.45) is 0.330. The Morgan fingerprint density at radius 3 is 2.50 bits per heavy atom. The van der Waals surface area contributed by atoms with Gasteiger partial charge in [-0.05, 0) is 52.4 Å². The molecule has 0 atom stereocenters. The molecule has 0 saturated heterocycles. The molecule has 0 radical (unpaired) electrons. The molecular formula is C14H9Cl2IO. The van der Waals surface area contributed by atoms with Gasteiger partial charge in [0.25, 0.3) is 0 Å². The zero-order valence-corrected chi connectivity index (χ0v) is 13.0. The Balaban J connectivity index is 2.18. The van der Waals surface area contributed by atoms with Gasteiger partial charge in [0.1, 0.15) is 0 Å². The van der Waals surface area contributed by atoms with Crippen LogP contribution < -0.4 is 0 Å². The Bertz CT molecular complexity index is 596. The van der Waals surface area contributed by atoms with E-state index in [4.69, 9.17) is 23.2 Å². The van der Waals surface area contributed by atoms with Crippen LogP contribution in [-0.2, 0) is 6.42 Å². The molecule has 0 fully saturated rings. The third-order valence-electron chi connectivity index (χ3n) is 2.50. The highest BCUT2D eigenvalue weighted by Gasteiger charge is 2.08. The molecule has 0 aromatic heterocycles. The van der Waals surface area contributed by atoms with Crippen LogP contribution in [0, 0.1) is 3.57 Å². The fraction of sp³-hybridized carbons (Fsp3) is 0.0714. The lowest BCUT2D eigenvalue weighted by molar-refractivity contribution is 0.0993. The Morgan fingerprint density at radius 1 is 1.06 bits per heavy atom. The fourth-order valence-corrected chi connectivity index (χ4v) is 2.46. The number of hydrogen-bond donors (Lipinski definition) is 0. The van der Waals surface area contributed by atoms with Gasteiger partial charge in [0.05, 0.1) is 10.0 Å². The molecule has 18 heavy (non-hydrogen) atoms. The highest BCUT2D eigenvalue weighted by Crippen LogP contribution is 2.23. The third kappa shape index (κ3) is 3.46. The van der Waals surface area contributed by atoms with Gasteiger partial charge < -0.3 is 0 Å². The predicted octanol–water partition coefficient (Wildman–Crippen LogP) is 5.02. The van der Waals surface area contributed by atoms with Crippen molar-refractivity contribution in [3.63, 3.8) is 0 Å². The zero-order chi connectivity index (χ0) is 13.1. The van der Waals surface area contributed by atoms with Crippen LogP contribution in [0.3, 0.4) is 0 Å². The molecule has 2 aromatic carbocycles. The first-order valence-corrected chi connectivity index (χ1v) is 7.12. The molecule has 0 saturated carbocycles. The quantitative estimate of drug-likeness (QED) is 0.531. The van der Waals surface area contributed by atoms with E-state index in [1.165, 1.54) is 0 Å². The lowest BCUT2D eigenvalue weighted by atomic mass is 10.0. The molecule has 4 heteroatoms. The number of Topliss-reactive ketones (excluding diaryl/α,β-unsaturated/α-hetero) is 1. The van der Waals surface area contributed by atoms with Gasteiger partial charge in [-0.15, -0.1) is 0 Å². The summed E-state index contributed by atoms with van der Waals surface area (Å²) in [5.74, 6) is 0.0758.